The van der Waals surface area contributed by atoms with E-state index in [2.05, 4.69) is 20.4 Å². The van der Waals surface area contributed by atoms with Crippen molar-refractivity contribution in [2.24, 2.45) is 17.5 Å². The normalized spacial score (nSPS) is 20.3. The average molecular weight is 334 g/mol. The lowest BCUT2D eigenvalue weighted by Crippen LogP contribution is -2.42. The number of ether oxygens (including phenoxy) is 1. The van der Waals surface area contributed by atoms with E-state index in [1.54, 1.807) is 7.11 Å². The van der Waals surface area contributed by atoms with Crippen molar-refractivity contribution in [1.82, 2.24) is 25.0 Å². The van der Waals surface area contributed by atoms with E-state index in [9.17, 15) is 0 Å². The quantitative estimate of drug-likeness (QED) is 0.502. The smallest absolute Gasteiger partial charge is 0.194 e. The van der Waals surface area contributed by atoms with Gasteiger partial charge >= 0.3 is 0 Å². The van der Waals surface area contributed by atoms with Crippen LogP contribution in [0.4, 0.5) is 0 Å². The Morgan fingerprint density at radius 1 is 1.29 bits per heavy atom. The Balaban J connectivity index is 1.68. The predicted octanol–water partition coefficient (Wildman–Crippen LogP) is 1.48. The summed E-state index contributed by atoms with van der Waals surface area (Å²) in [4.78, 5) is 7.25. The summed E-state index contributed by atoms with van der Waals surface area (Å²) in [6.07, 6.45) is 6.81. The molecule has 0 aromatic carbocycles. The lowest BCUT2D eigenvalue weighted by Gasteiger charge is -2.26. The van der Waals surface area contributed by atoms with Crippen molar-refractivity contribution in [2.75, 3.05) is 33.4 Å². The summed E-state index contributed by atoms with van der Waals surface area (Å²) in [6, 6.07) is 0. The SMILES string of the molecule is COCCNC(=NCc1nnc(C)n1C)N1CCC2(CCCC2)C1. The highest BCUT2D eigenvalue weighted by Gasteiger charge is 2.41. The Bertz CT molecular complexity index is 576. The third kappa shape index (κ3) is 3.71. The first-order valence-corrected chi connectivity index (χ1v) is 9.01. The van der Waals surface area contributed by atoms with Gasteiger partial charge in [0.15, 0.2) is 11.8 Å². The van der Waals surface area contributed by atoms with Gasteiger partial charge in [0.25, 0.3) is 0 Å². The van der Waals surface area contributed by atoms with Gasteiger partial charge in [-0.15, -0.1) is 10.2 Å². The molecule has 1 spiro atoms. The summed E-state index contributed by atoms with van der Waals surface area (Å²) >= 11 is 0. The third-order valence-electron chi connectivity index (χ3n) is 5.54. The number of nitrogens with zero attached hydrogens (tertiary/aromatic N) is 5. The lowest BCUT2D eigenvalue weighted by molar-refractivity contribution is 0.202. The molecule has 1 aromatic rings. The molecule has 7 nitrogen and oxygen atoms in total. The van der Waals surface area contributed by atoms with Crippen LogP contribution in [0, 0.1) is 12.3 Å². The minimum atomic E-state index is 0.533. The second-order valence-corrected chi connectivity index (χ2v) is 7.16. The van der Waals surface area contributed by atoms with Crippen LogP contribution in [0.3, 0.4) is 0 Å². The molecule has 3 rings (SSSR count). The number of likely N-dealkylation sites (tertiary alicyclic amines) is 1. The molecule has 2 fully saturated rings. The van der Waals surface area contributed by atoms with Crippen molar-refractivity contribution in [3.8, 4) is 0 Å². The zero-order valence-corrected chi connectivity index (χ0v) is 15.2. The fourth-order valence-corrected chi connectivity index (χ4v) is 3.92. The van der Waals surface area contributed by atoms with Gasteiger partial charge in [-0.05, 0) is 31.6 Å². The molecule has 0 unspecified atom stereocenters. The highest BCUT2D eigenvalue weighted by molar-refractivity contribution is 5.80. The van der Waals surface area contributed by atoms with E-state index in [0.717, 1.165) is 37.2 Å². The number of hydrogen-bond donors (Lipinski definition) is 1. The standard InChI is InChI=1S/C17H30N6O/c1-14-20-21-15(22(14)2)12-19-16(18-9-11-24-3)23-10-8-17(13-23)6-4-5-7-17/h4-13H2,1-3H3,(H,18,19). The Morgan fingerprint density at radius 2 is 2.08 bits per heavy atom. The van der Waals surface area contributed by atoms with Crippen molar-refractivity contribution in [1.29, 1.82) is 0 Å². The van der Waals surface area contributed by atoms with Crippen molar-refractivity contribution in [2.45, 2.75) is 45.6 Å². The van der Waals surface area contributed by atoms with Crippen LogP contribution >= 0.6 is 0 Å². The van der Waals surface area contributed by atoms with E-state index in [-0.39, 0.29) is 0 Å². The number of aryl methyl sites for hydroxylation is 1. The van der Waals surface area contributed by atoms with E-state index in [1.165, 1.54) is 32.1 Å². The molecule has 1 aromatic heterocycles. The fraction of sp³-hybridized carbons (Fsp3) is 0.824. The van der Waals surface area contributed by atoms with Gasteiger partial charge in [0.1, 0.15) is 12.4 Å². The van der Waals surface area contributed by atoms with Crippen molar-refractivity contribution in [3.63, 3.8) is 0 Å². The molecule has 0 amide bonds. The maximum absolute atomic E-state index is 5.17. The van der Waals surface area contributed by atoms with Crippen LogP contribution in [0.2, 0.25) is 0 Å². The second kappa shape index (κ2) is 7.51. The van der Waals surface area contributed by atoms with Crippen LogP contribution < -0.4 is 5.32 Å². The summed E-state index contributed by atoms with van der Waals surface area (Å²) in [5.41, 5.74) is 0.533. The Hall–Kier alpha value is -1.63. The lowest BCUT2D eigenvalue weighted by atomic mass is 9.86. The van der Waals surface area contributed by atoms with Gasteiger partial charge < -0.3 is 19.5 Å². The number of guanidine groups is 1. The fourth-order valence-electron chi connectivity index (χ4n) is 3.92. The summed E-state index contributed by atoms with van der Waals surface area (Å²) in [7, 11) is 3.71. The van der Waals surface area contributed by atoms with Crippen LogP contribution in [0.1, 0.15) is 43.8 Å². The summed E-state index contributed by atoms with van der Waals surface area (Å²) in [5, 5.41) is 11.8. The maximum atomic E-state index is 5.17. The van der Waals surface area contributed by atoms with Gasteiger partial charge in [-0.3, -0.25) is 0 Å². The van der Waals surface area contributed by atoms with Crippen molar-refractivity contribution in [3.05, 3.63) is 11.6 Å². The number of rotatable bonds is 5. The molecule has 0 radical (unpaired) electrons. The van der Waals surface area contributed by atoms with Gasteiger partial charge in [-0.2, -0.15) is 0 Å². The largest absolute Gasteiger partial charge is 0.383 e. The maximum Gasteiger partial charge on any atom is 0.194 e. The van der Waals surface area contributed by atoms with E-state index >= 15 is 0 Å². The summed E-state index contributed by atoms with van der Waals surface area (Å²) in [6.45, 7) is 6.19. The first-order valence-electron chi connectivity index (χ1n) is 9.01. The van der Waals surface area contributed by atoms with E-state index in [4.69, 9.17) is 9.73 Å². The van der Waals surface area contributed by atoms with Crippen LogP contribution in [0.25, 0.3) is 0 Å². The molecule has 1 aliphatic heterocycles. The summed E-state index contributed by atoms with van der Waals surface area (Å²) < 4.78 is 7.17. The first-order chi connectivity index (χ1) is 11.6. The molecule has 1 saturated carbocycles. The molecule has 1 aliphatic carbocycles. The Kier molecular flexibility index (Phi) is 5.38. The molecule has 0 atom stereocenters. The number of methoxy groups -OCH3 is 1. The number of nitrogens with one attached hydrogen (secondary N) is 1. The molecular weight excluding hydrogens is 304 g/mol. The molecule has 2 heterocycles. The summed E-state index contributed by atoms with van der Waals surface area (Å²) in [5.74, 6) is 2.80. The highest BCUT2D eigenvalue weighted by atomic mass is 16.5. The minimum absolute atomic E-state index is 0.533. The molecule has 2 aliphatic rings. The van der Waals surface area contributed by atoms with Crippen LogP contribution in [-0.2, 0) is 18.3 Å². The molecule has 134 valence electrons. The number of hydrogen-bond acceptors (Lipinski definition) is 4. The molecule has 7 heteroatoms. The van der Waals surface area contributed by atoms with Gasteiger partial charge in [0, 0.05) is 33.8 Å². The molecular formula is C17H30N6O. The monoisotopic (exact) mass is 334 g/mol. The predicted molar refractivity (Wildman–Crippen MR) is 93.8 cm³/mol. The zero-order chi connectivity index (χ0) is 17.0. The van der Waals surface area contributed by atoms with E-state index < -0.39 is 0 Å². The second-order valence-electron chi connectivity index (χ2n) is 7.16. The number of aromatic nitrogens is 3. The third-order valence-corrected chi connectivity index (χ3v) is 5.54. The van der Waals surface area contributed by atoms with E-state index in [1.807, 2.05) is 18.5 Å². The van der Waals surface area contributed by atoms with E-state index in [0.29, 0.717) is 18.6 Å². The van der Waals surface area contributed by atoms with Gasteiger partial charge in [-0.1, -0.05) is 12.8 Å². The van der Waals surface area contributed by atoms with Gasteiger partial charge in [0.2, 0.25) is 0 Å². The minimum Gasteiger partial charge on any atom is -0.383 e. The average Bonchev–Trinajstić information content (AvgIpc) is 3.29. The molecule has 1 saturated heterocycles. The van der Waals surface area contributed by atoms with Crippen LogP contribution in [-0.4, -0.2) is 59.0 Å². The van der Waals surface area contributed by atoms with Crippen LogP contribution in [0.15, 0.2) is 4.99 Å². The van der Waals surface area contributed by atoms with Gasteiger partial charge in [-0.25, -0.2) is 4.99 Å². The van der Waals surface area contributed by atoms with Crippen molar-refractivity contribution >= 4 is 5.96 Å². The molecule has 1 N–H and O–H groups in total. The first kappa shape index (κ1) is 17.2. The Morgan fingerprint density at radius 3 is 2.75 bits per heavy atom. The molecule has 24 heavy (non-hydrogen) atoms. The van der Waals surface area contributed by atoms with Crippen molar-refractivity contribution < 1.29 is 4.74 Å². The Labute approximate surface area is 144 Å². The van der Waals surface area contributed by atoms with Gasteiger partial charge in [0.05, 0.1) is 6.61 Å². The van der Waals surface area contributed by atoms with Crippen LogP contribution in [0.5, 0.6) is 0 Å². The molecule has 0 bridgehead atoms. The zero-order valence-electron chi connectivity index (χ0n) is 15.2. The highest BCUT2D eigenvalue weighted by Crippen LogP contribution is 2.45. The number of aliphatic imine (C=N–C) groups is 1. The topological polar surface area (TPSA) is 67.6 Å².